The molecule has 0 spiro atoms. The smallest absolute Gasteiger partial charge is 0.160 e. The number of nitrogens with one attached hydrogen (secondary N) is 2. The minimum atomic E-state index is 0.144. The molecule has 0 saturated carbocycles. The minimum absolute atomic E-state index is 0.144. The normalized spacial score (nSPS) is 20.8. The highest BCUT2D eigenvalue weighted by molar-refractivity contribution is 6.36. The number of piperazine rings is 1. The molecule has 2 fully saturated rings. The summed E-state index contributed by atoms with van der Waals surface area (Å²) in [5.74, 6) is 1.79. The average molecular weight is 445 g/mol. The molecule has 6 rings (SSSR count). The molecule has 32 heavy (non-hydrogen) atoms. The number of pyridine rings is 1. The van der Waals surface area contributed by atoms with Crippen LogP contribution in [-0.2, 0) is 0 Å². The Morgan fingerprint density at radius 2 is 2.00 bits per heavy atom. The highest BCUT2D eigenvalue weighted by Gasteiger charge is 2.39. The second-order valence-electron chi connectivity index (χ2n) is 8.69. The molecule has 3 atom stereocenters. The zero-order valence-corrected chi connectivity index (χ0v) is 18.6. The quantitative estimate of drug-likeness (QED) is 0.463. The lowest BCUT2D eigenvalue weighted by molar-refractivity contribution is 0.575. The first-order valence-corrected chi connectivity index (χ1v) is 11.5. The Kier molecular flexibility index (Phi) is 4.77. The van der Waals surface area contributed by atoms with Crippen molar-refractivity contribution in [3.63, 3.8) is 0 Å². The summed E-state index contributed by atoms with van der Waals surface area (Å²) in [5, 5.41) is 13.9. The van der Waals surface area contributed by atoms with E-state index in [0.717, 1.165) is 46.3 Å². The summed E-state index contributed by atoms with van der Waals surface area (Å²) in [6, 6.07) is 21.6. The van der Waals surface area contributed by atoms with E-state index >= 15 is 0 Å². The Morgan fingerprint density at radius 1 is 1.12 bits per heavy atom. The molecule has 0 amide bonds. The van der Waals surface area contributed by atoms with Gasteiger partial charge >= 0.3 is 0 Å². The van der Waals surface area contributed by atoms with Gasteiger partial charge < -0.3 is 15.5 Å². The fraction of sp³-hybridized carbons (Fsp3) is 0.280. The van der Waals surface area contributed by atoms with E-state index in [1.165, 1.54) is 12.0 Å². The number of nitrogens with zero attached hydrogens (tertiary/aromatic N) is 4. The number of halogens is 1. The van der Waals surface area contributed by atoms with E-state index in [4.69, 9.17) is 16.7 Å². The van der Waals surface area contributed by atoms with Crippen LogP contribution in [0.5, 0.6) is 0 Å². The van der Waals surface area contributed by atoms with Gasteiger partial charge in [0.2, 0.25) is 0 Å². The molecule has 2 aromatic carbocycles. The number of aromatic nitrogens is 3. The Hall–Kier alpha value is -3.09. The van der Waals surface area contributed by atoms with Gasteiger partial charge in [-0.15, -0.1) is 5.10 Å². The van der Waals surface area contributed by atoms with Gasteiger partial charge in [0.05, 0.1) is 21.6 Å². The summed E-state index contributed by atoms with van der Waals surface area (Å²) in [7, 11) is 0. The fourth-order valence-electron chi connectivity index (χ4n) is 5.00. The molecular formula is C25H25ClN6. The van der Waals surface area contributed by atoms with E-state index in [1.54, 1.807) is 0 Å². The highest BCUT2D eigenvalue weighted by Crippen LogP contribution is 2.38. The van der Waals surface area contributed by atoms with E-state index < -0.39 is 0 Å². The molecular weight excluding hydrogens is 420 g/mol. The third-order valence-corrected chi connectivity index (χ3v) is 6.93. The number of rotatable bonds is 5. The Bertz CT molecular complexity index is 1270. The van der Waals surface area contributed by atoms with Crippen molar-refractivity contribution in [2.24, 2.45) is 0 Å². The van der Waals surface area contributed by atoms with Crippen LogP contribution in [0.4, 0.5) is 11.6 Å². The van der Waals surface area contributed by atoms with Crippen molar-refractivity contribution in [1.29, 1.82) is 0 Å². The van der Waals surface area contributed by atoms with Crippen LogP contribution in [0.15, 0.2) is 66.9 Å². The molecule has 162 valence electrons. The van der Waals surface area contributed by atoms with Gasteiger partial charge in [-0.3, -0.25) is 0 Å². The first-order chi connectivity index (χ1) is 15.7. The summed E-state index contributed by atoms with van der Waals surface area (Å²) in [5.41, 5.74) is 3.19. The maximum absolute atomic E-state index is 6.69. The predicted octanol–water partition coefficient (Wildman–Crippen LogP) is 4.80. The van der Waals surface area contributed by atoms with Gasteiger partial charge in [0, 0.05) is 43.5 Å². The lowest BCUT2D eigenvalue weighted by Gasteiger charge is -2.27. The second kappa shape index (κ2) is 7.80. The zero-order chi connectivity index (χ0) is 21.7. The van der Waals surface area contributed by atoms with Crippen molar-refractivity contribution in [1.82, 2.24) is 20.1 Å². The summed E-state index contributed by atoms with van der Waals surface area (Å²) >= 11 is 6.69. The van der Waals surface area contributed by atoms with Gasteiger partial charge in [-0.05, 0) is 37.1 Å². The van der Waals surface area contributed by atoms with Crippen LogP contribution in [0, 0.1) is 0 Å². The van der Waals surface area contributed by atoms with Gasteiger partial charge in [-0.2, -0.15) is 0 Å². The summed E-state index contributed by atoms with van der Waals surface area (Å²) in [4.78, 5) is 6.97. The molecule has 2 aromatic heterocycles. The first kappa shape index (κ1) is 19.6. The summed E-state index contributed by atoms with van der Waals surface area (Å²) < 4.78 is 2.00. The van der Waals surface area contributed by atoms with Gasteiger partial charge in [0.25, 0.3) is 0 Å². The first-order valence-electron chi connectivity index (χ1n) is 11.1. The van der Waals surface area contributed by atoms with Gasteiger partial charge in [-0.1, -0.05) is 48.0 Å². The van der Waals surface area contributed by atoms with E-state index in [-0.39, 0.29) is 6.04 Å². The zero-order valence-electron chi connectivity index (χ0n) is 17.9. The molecule has 7 heteroatoms. The van der Waals surface area contributed by atoms with Gasteiger partial charge in [0.1, 0.15) is 5.82 Å². The van der Waals surface area contributed by atoms with Crippen molar-refractivity contribution >= 4 is 34.1 Å². The predicted molar refractivity (Wildman–Crippen MR) is 130 cm³/mol. The van der Waals surface area contributed by atoms with Crippen LogP contribution in [-0.4, -0.2) is 39.9 Å². The molecule has 6 nitrogen and oxygen atoms in total. The molecule has 0 radical (unpaired) electrons. The second-order valence-corrected chi connectivity index (χ2v) is 9.10. The number of benzene rings is 2. The van der Waals surface area contributed by atoms with E-state index in [9.17, 15) is 0 Å². The lowest BCUT2D eigenvalue weighted by atomic mass is 10.1. The Labute approximate surface area is 192 Å². The largest absolute Gasteiger partial charge is 0.363 e. The SMILES string of the molecule is C[C@H](Nc1cc(-n2nc(N3CC4CC3CN4)c3c(Cl)cccc32)ccn1)c1ccccc1. The number of fused-ring (bicyclic) bond motifs is 3. The van der Waals surface area contributed by atoms with Gasteiger partial charge in [0.15, 0.2) is 5.82 Å². The van der Waals surface area contributed by atoms with Crippen LogP contribution in [0.3, 0.4) is 0 Å². The van der Waals surface area contributed by atoms with Crippen LogP contribution in [0.2, 0.25) is 5.02 Å². The van der Waals surface area contributed by atoms with Crippen molar-refractivity contribution in [3.05, 3.63) is 77.4 Å². The highest BCUT2D eigenvalue weighted by atomic mass is 35.5. The molecule has 2 unspecified atom stereocenters. The van der Waals surface area contributed by atoms with Crippen LogP contribution in [0.1, 0.15) is 24.9 Å². The van der Waals surface area contributed by atoms with Crippen LogP contribution < -0.4 is 15.5 Å². The summed E-state index contributed by atoms with van der Waals surface area (Å²) in [6.07, 6.45) is 2.99. The Balaban J connectivity index is 1.39. The van der Waals surface area contributed by atoms with Crippen molar-refractivity contribution in [3.8, 4) is 5.69 Å². The summed E-state index contributed by atoms with van der Waals surface area (Å²) in [6.45, 7) is 4.12. The van der Waals surface area contributed by atoms with Crippen LogP contribution in [0.25, 0.3) is 16.6 Å². The molecule has 2 saturated heterocycles. The number of hydrogen-bond acceptors (Lipinski definition) is 5. The lowest BCUT2D eigenvalue weighted by Crippen LogP contribution is -2.43. The molecule has 2 aliphatic rings. The average Bonchev–Trinajstić information content (AvgIpc) is 3.54. The number of anilines is 2. The number of hydrogen-bond donors (Lipinski definition) is 2. The standard InChI is InChI=1S/C25H25ClN6/c1-16(17-6-3-2-4-7-17)29-23-13-19(10-11-27-23)32-22-9-5-8-21(26)24(22)25(30-32)31-15-18-12-20(31)14-28-18/h2-11,13,16,18,20,28H,12,14-15H2,1H3,(H,27,29)/t16-,18?,20?/m0/s1. The van der Waals surface area contributed by atoms with Crippen LogP contribution >= 0.6 is 11.6 Å². The van der Waals surface area contributed by atoms with Crippen molar-refractivity contribution < 1.29 is 0 Å². The molecule has 0 aliphatic carbocycles. The maximum Gasteiger partial charge on any atom is 0.160 e. The molecule has 4 heterocycles. The molecule has 2 aliphatic heterocycles. The molecule has 2 bridgehead atoms. The minimum Gasteiger partial charge on any atom is -0.363 e. The maximum atomic E-state index is 6.69. The Morgan fingerprint density at radius 3 is 2.78 bits per heavy atom. The monoisotopic (exact) mass is 444 g/mol. The molecule has 2 N–H and O–H groups in total. The van der Waals surface area contributed by atoms with Gasteiger partial charge in [-0.25, -0.2) is 9.67 Å². The van der Waals surface area contributed by atoms with E-state index in [0.29, 0.717) is 12.1 Å². The van der Waals surface area contributed by atoms with Crippen molar-refractivity contribution in [2.45, 2.75) is 31.5 Å². The van der Waals surface area contributed by atoms with Crippen molar-refractivity contribution in [2.75, 3.05) is 23.3 Å². The fourth-order valence-corrected chi connectivity index (χ4v) is 5.26. The van der Waals surface area contributed by atoms with E-state index in [2.05, 4.69) is 57.8 Å². The molecule has 4 aromatic rings. The topological polar surface area (TPSA) is 58.0 Å². The third kappa shape index (κ3) is 3.31. The third-order valence-electron chi connectivity index (χ3n) is 6.62. The van der Waals surface area contributed by atoms with E-state index in [1.807, 2.05) is 41.2 Å².